The average molecular weight is 492 g/mol. The average Bonchev–Trinajstić information content (AvgIpc) is 2.72. The topological polar surface area (TPSA) is 44.8 Å². The molecule has 0 amide bonds. The fraction of sp³-hybridized carbons (Fsp3) is 0.591. The quantitative estimate of drug-likeness (QED) is 0.265. The number of ether oxygens (including phenoxy) is 2. The summed E-state index contributed by atoms with van der Waals surface area (Å²) in [7, 11) is 1.63. The van der Waals surface area contributed by atoms with Crippen molar-refractivity contribution in [2.75, 3.05) is 13.7 Å². The molecule has 1 heterocycles. The summed E-state index contributed by atoms with van der Waals surface area (Å²) in [5.41, 5.74) is 0.522. The van der Waals surface area contributed by atoms with E-state index in [4.69, 9.17) is 47.1 Å². The van der Waals surface area contributed by atoms with E-state index >= 15 is 0 Å². The summed E-state index contributed by atoms with van der Waals surface area (Å²) in [6.45, 7) is 0.692. The van der Waals surface area contributed by atoms with Gasteiger partial charge in [0.15, 0.2) is 5.78 Å². The van der Waals surface area contributed by atoms with Crippen LogP contribution in [0, 0.1) is 5.92 Å². The van der Waals surface area contributed by atoms with E-state index in [-0.39, 0.29) is 17.8 Å². The van der Waals surface area contributed by atoms with Gasteiger partial charge in [-0.15, -0.1) is 0 Å². The van der Waals surface area contributed by atoms with E-state index in [1.165, 1.54) is 0 Å². The molecule has 4 nitrogen and oxygen atoms in total. The maximum Gasteiger partial charge on any atom is 0.494 e. The summed E-state index contributed by atoms with van der Waals surface area (Å²) in [4.78, 5) is 12.8. The number of methoxy groups -OCH3 is 1. The lowest BCUT2D eigenvalue weighted by Crippen LogP contribution is -2.52. The van der Waals surface area contributed by atoms with Crippen molar-refractivity contribution in [3.63, 3.8) is 0 Å². The van der Waals surface area contributed by atoms with E-state index in [0.717, 1.165) is 62.7 Å². The molecule has 1 unspecified atom stereocenters. The van der Waals surface area contributed by atoms with Crippen molar-refractivity contribution < 1.29 is 18.7 Å². The number of rotatable bonds is 6. The van der Waals surface area contributed by atoms with Crippen molar-refractivity contribution in [3.8, 4) is 5.75 Å². The van der Waals surface area contributed by atoms with Crippen molar-refractivity contribution in [2.45, 2.75) is 63.1 Å². The normalized spacial score (nSPS) is 28.3. The molecule has 2 fully saturated rings. The first kappa shape index (κ1) is 24.1. The molecule has 30 heavy (non-hydrogen) atoms. The summed E-state index contributed by atoms with van der Waals surface area (Å²) < 4.78 is 17.4. The van der Waals surface area contributed by atoms with Crippen LogP contribution in [0.1, 0.15) is 56.9 Å². The molecule has 1 aromatic carbocycles. The largest absolute Gasteiger partial charge is 0.497 e. The van der Waals surface area contributed by atoms with Crippen LogP contribution in [0.2, 0.25) is 0 Å². The van der Waals surface area contributed by atoms with Gasteiger partial charge in [0.05, 0.1) is 18.8 Å². The van der Waals surface area contributed by atoms with Gasteiger partial charge in [0.2, 0.25) is 0 Å². The van der Waals surface area contributed by atoms with Crippen molar-refractivity contribution in [3.05, 3.63) is 35.9 Å². The lowest BCUT2D eigenvalue weighted by Gasteiger charge is -2.46. The van der Waals surface area contributed by atoms with Gasteiger partial charge in [-0.25, -0.2) is 0 Å². The molecule has 2 aliphatic rings. The predicted molar refractivity (Wildman–Crippen MR) is 124 cm³/mol. The summed E-state index contributed by atoms with van der Waals surface area (Å²) in [6.07, 6.45) is 7.10. The maximum atomic E-state index is 12.8. The third-order valence-corrected chi connectivity index (χ3v) is 7.51. The number of halogens is 3. The molecule has 0 bridgehead atoms. The van der Waals surface area contributed by atoms with Crippen LogP contribution in [0.25, 0.3) is 6.08 Å². The van der Waals surface area contributed by atoms with E-state index in [1.807, 2.05) is 30.3 Å². The number of ketones is 1. The third kappa shape index (κ3) is 6.72. The van der Waals surface area contributed by atoms with Gasteiger partial charge in [-0.1, -0.05) is 64.3 Å². The van der Waals surface area contributed by atoms with Crippen LogP contribution in [-0.2, 0) is 14.0 Å². The molecule has 0 aromatic heterocycles. The second-order valence-corrected chi connectivity index (χ2v) is 15.8. The van der Waals surface area contributed by atoms with Crippen LogP contribution in [0.5, 0.6) is 5.75 Å². The number of allylic oxidation sites excluding steroid dienone is 1. The van der Waals surface area contributed by atoms with E-state index in [2.05, 4.69) is 0 Å². The molecule has 0 N–H and O–H groups in total. The molecular weight excluding hydrogens is 463 g/mol. The monoisotopic (exact) mass is 490 g/mol. The van der Waals surface area contributed by atoms with Gasteiger partial charge in [0.1, 0.15) is 5.75 Å². The molecule has 3 rings (SSSR count). The minimum atomic E-state index is -3.24. The lowest BCUT2D eigenvalue weighted by molar-refractivity contribution is -0.151. The van der Waals surface area contributed by atoms with E-state index < -0.39 is 11.8 Å². The predicted octanol–water partition coefficient (Wildman–Crippen LogP) is 6.33. The van der Waals surface area contributed by atoms with Crippen LogP contribution in [0.15, 0.2) is 30.3 Å². The Hall–Kier alpha value is -0.563. The van der Waals surface area contributed by atoms with Crippen molar-refractivity contribution in [1.82, 2.24) is 0 Å². The smallest absolute Gasteiger partial charge is 0.494 e. The maximum absolute atomic E-state index is 12.8. The van der Waals surface area contributed by atoms with Crippen molar-refractivity contribution in [2.24, 2.45) is 5.92 Å². The van der Waals surface area contributed by atoms with Gasteiger partial charge in [0, 0.05) is 12.5 Å². The zero-order valence-electron chi connectivity index (χ0n) is 17.2. The summed E-state index contributed by atoms with van der Waals surface area (Å²) in [5, 5.41) is 0. The van der Waals surface area contributed by atoms with Gasteiger partial charge >= 0.3 is 6.25 Å². The van der Waals surface area contributed by atoms with E-state index in [9.17, 15) is 4.79 Å². The molecule has 1 saturated heterocycles. The Morgan fingerprint density at radius 1 is 1.10 bits per heavy atom. The van der Waals surface area contributed by atoms with Crippen LogP contribution in [0.3, 0.4) is 0 Å². The molecular formula is C22H29Cl3O4Si. The highest BCUT2D eigenvalue weighted by Crippen LogP contribution is 2.43. The Labute approximate surface area is 194 Å². The van der Waals surface area contributed by atoms with Gasteiger partial charge < -0.3 is 13.9 Å². The molecule has 8 heteroatoms. The standard InChI is InChI=1S/C22H29Cl3O4Si/c1-27-19-9-6-17(7-10-19)8-11-20(26)18-12-14-22(15-13-18)21(29-30(23,24)25)5-3-2-4-16-28-22/h6-11,18,21H,2-5,12-16H2,1H3. The SMILES string of the molecule is COc1ccc(C=CC(=O)C2CCC3(CC2)OCCCCCC3O[Si](Cl)(Cl)Cl)cc1. The molecule has 1 saturated carbocycles. The zero-order valence-corrected chi connectivity index (χ0v) is 20.5. The summed E-state index contributed by atoms with van der Waals surface area (Å²) >= 11 is 18.2. The van der Waals surface area contributed by atoms with Crippen molar-refractivity contribution >= 4 is 51.3 Å². The highest BCUT2D eigenvalue weighted by atomic mass is 35.8. The third-order valence-electron chi connectivity index (χ3n) is 6.15. The number of benzene rings is 1. The molecule has 1 spiro atoms. The van der Waals surface area contributed by atoms with Gasteiger partial charge in [-0.2, -0.15) is 0 Å². The Balaban J connectivity index is 1.62. The second-order valence-electron chi connectivity index (χ2n) is 8.10. The Morgan fingerprint density at radius 2 is 1.80 bits per heavy atom. The summed E-state index contributed by atoms with van der Waals surface area (Å²) in [6, 6.07) is 7.63. The zero-order chi connectivity index (χ0) is 21.6. The highest BCUT2D eigenvalue weighted by molar-refractivity contribution is 7.62. The van der Waals surface area contributed by atoms with Gasteiger partial charge in [-0.05, 0) is 62.3 Å². The molecule has 1 aliphatic heterocycles. The fourth-order valence-corrected chi connectivity index (χ4v) is 6.08. The number of hydrogen-bond donors (Lipinski definition) is 0. The Kier molecular flexibility index (Phi) is 8.70. The van der Waals surface area contributed by atoms with Crippen LogP contribution >= 0.6 is 33.2 Å². The van der Waals surface area contributed by atoms with Crippen LogP contribution in [0.4, 0.5) is 0 Å². The summed E-state index contributed by atoms with van der Waals surface area (Å²) in [5.74, 6) is 0.939. The molecule has 1 aromatic rings. The highest BCUT2D eigenvalue weighted by Gasteiger charge is 2.48. The Morgan fingerprint density at radius 3 is 2.43 bits per heavy atom. The fourth-order valence-electron chi connectivity index (χ4n) is 4.45. The molecule has 1 atom stereocenters. The van der Waals surface area contributed by atoms with E-state index in [1.54, 1.807) is 13.2 Å². The number of carbonyl (C=O) groups is 1. The molecule has 1 aliphatic carbocycles. The van der Waals surface area contributed by atoms with Gasteiger partial charge in [-0.3, -0.25) is 4.79 Å². The van der Waals surface area contributed by atoms with Crippen molar-refractivity contribution in [1.29, 1.82) is 0 Å². The first-order chi connectivity index (χ1) is 14.3. The van der Waals surface area contributed by atoms with Gasteiger partial charge in [0.25, 0.3) is 0 Å². The second kappa shape index (κ2) is 10.8. The number of hydrogen-bond acceptors (Lipinski definition) is 4. The van der Waals surface area contributed by atoms with Crippen LogP contribution < -0.4 is 4.74 Å². The first-order valence-electron chi connectivity index (χ1n) is 10.6. The minimum absolute atomic E-state index is 0.00943. The van der Waals surface area contributed by atoms with Crippen LogP contribution in [-0.4, -0.2) is 37.5 Å². The lowest BCUT2D eigenvalue weighted by atomic mass is 9.73. The molecule has 0 radical (unpaired) electrons. The number of carbonyl (C=O) groups excluding carboxylic acids is 1. The first-order valence-corrected chi connectivity index (χ1v) is 15.5. The molecule has 166 valence electrons. The Bertz CT molecular complexity index is 725. The minimum Gasteiger partial charge on any atom is -0.497 e. The van der Waals surface area contributed by atoms with E-state index in [0.29, 0.717) is 6.61 Å².